The van der Waals surface area contributed by atoms with Crippen LogP contribution >= 0.6 is 15.9 Å². The molecule has 0 aliphatic heterocycles. The van der Waals surface area contributed by atoms with Gasteiger partial charge in [-0.1, -0.05) is 0 Å². The van der Waals surface area contributed by atoms with Crippen molar-refractivity contribution < 1.29 is 19.6 Å². The lowest BCUT2D eigenvalue weighted by Gasteiger charge is -2.02. The third-order valence-corrected chi connectivity index (χ3v) is 1.76. The molecule has 0 spiro atoms. The topological polar surface area (TPSA) is 103 Å². The summed E-state index contributed by atoms with van der Waals surface area (Å²) in [6.07, 6.45) is 1.28. The van der Waals surface area contributed by atoms with Gasteiger partial charge < -0.3 is 9.84 Å². The van der Waals surface area contributed by atoms with Crippen molar-refractivity contribution in [2.45, 2.75) is 0 Å². The molecule has 0 amide bonds. The second-order valence-electron chi connectivity index (χ2n) is 2.42. The standard InChI is InChI=1S/C7H5BrN2O5/c8-4-1-5(10(13)14)7(9-2-4)15-3-6(11)12/h1-2H,3H2,(H,11,12). The number of halogens is 1. The van der Waals surface area contributed by atoms with Gasteiger partial charge >= 0.3 is 11.7 Å². The summed E-state index contributed by atoms with van der Waals surface area (Å²) in [5.41, 5.74) is -0.384. The SMILES string of the molecule is O=C(O)COc1ncc(Br)cc1[N+](=O)[O-]. The van der Waals surface area contributed by atoms with E-state index in [0.29, 0.717) is 4.47 Å². The largest absolute Gasteiger partial charge is 0.479 e. The molecule has 0 saturated carbocycles. The van der Waals surface area contributed by atoms with Gasteiger partial charge in [0.25, 0.3) is 5.88 Å². The van der Waals surface area contributed by atoms with Crippen LogP contribution in [0.5, 0.6) is 5.88 Å². The molecule has 15 heavy (non-hydrogen) atoms. The first-order valence-corrected chi connectivity index (χ1v) is 4.44. The molecule has 0 atom stereocenters. The number of carbonyl (C=O) groups is 1. The molecule has 1 aromatic rings. The van der Waals surface area contributed by atoms with Gasteiger partial charge in [-0.2, -0.15) is 0 Å². The van der Waals surface area contributed by atoms with Crippen molar-refractivity contribution in [2.75, 3.05) is 6.61 Å². The lowest BCUT2D eigenvalue weighted by atomic mass is 10.4. The van der Waals surface area contributed by atoms with Crippen LogP contribution in [0.3, 0.4) is 0 Å². The van der Waals surface area contributed by atoms with Crippen molar-refractivity contribution in [2.24, 2.45) is 0 Å². The van der Waals surface area contributed by atoms with E-state index in [1.54, 1.807) is 0 Å². The van der Waals surface area contributed by atoms with Crippen LogP contribution < -0.4 is 4.74 Å². The summed E-state index contributed by atoms with van der Waals surface area (Å²) in [6.45, 7) is -0.671. The highest BCUT2D eigenvalue weighted by molar-refractivity contribution is 9.10. The number of aromatic nitrogens is 1. The lowest BCUT2D eigenvalue weighted by Crippen LogP contribution is -2.11. The Bertz CT molecular complexity index is 408. The van der Waals surface area contributed by atoms with E-state index < -0.39 is 17.5 Å². The van der Waals surface area contributed by atoms with Crippen LogP contribution in [0.25, 0.3) is 0 Å². The second kappa shape index (κ2) is 4.69. The number of pyridine rings is 1. The predicted octanol–water partition coefficient (Wildman–Crippen LogP) is 1.22. The van der Waals surface area contributed by atoms with Gasteiger partial charge in [0.05, 0.1) is 4.92 Å². The van der Waals surface area contributed by atoms with Gasteiger partial charge in [0.15, 0.2) is 6.61 Å². The van der Waals surface area contributed by atoms with Gasteiger partial charge in [-0.25, -0.2) is 9.78 Å². The number of rotatable bonds is 4. The zero-order chi connectivity index (χ0) is 11.4. The molecule has 0 radical (unpaired) electrons. The summed E-state index contributed by atoms with van der Waals surface area (Å²) in [7, 11) is 0. The third-order valence-electron chi connectivity index (χ3n) is 1.33. The van der Waals surface area contributed by atoms with Gasteiger partial charge in [0.1, 0.15) is 0 Å². The van der Waals surface area contributed by atoms with Crippen LogP contribution in [-0.4, -0.2) is 27.6 Å². The number of carboxylic acids is 1. The molecule has 7 nitrogen and oxygen atoms in total. The third kappa shape index (κ3) is 3.17. The number of hydrogen-bond donors (Lipinski definition) is 1. The minimum Gasteiger partial charge on any atom is -0.479 e. The molecule has 1 aromatic heterocycles. The van der Waals surface area contributed by atoms with Gasteiger partial charge in [-0.15, -0.1) is 0 Å². The molecule has 0 aliphatic rings. The highest BCUT2D eigenvalue weighted by Crippen LogP contribution is 2.26. The van der Waals surface area contributed by atoms with Crippen molar-refractivity contribution in [3.8, 4) is 5.88 Å². The minimum absolute atomic E-state index is 0.314. The van der Waals surface area contributed by atoms with Crippen molar-refractivity contribution in [1.29, 1.82) is 0 Å². The number of nitrogens with zero attached hydrogens (tertiary/aromatic N) is 2. The molecule has 0 saturated heterocycles. The van der Waals surface area contributed by atoms with Gasteiger partial charge in [0, 0.05) is 16.7 Å². The number of aliphatic carboxylic acids is 1. The Morgan fingerprint density at radius 2 is 2.40 bits per heavy atom. The molecular formula is C7H5BrN2O5. The predicted molar refractivity (Wildman–Crippen MR) is 51.7 cm³/mol. The molecule has 0 aliphatic carbocycles. The number of nitro groups is 1. The average molecular weight is 277 g/mol. The van der Waals surface area contributed by atoms with Crippen molar-refractivity contribution in [1.82, 2.24) is 4.98 Å². The molecular weight excluding hydrogens is 272 g/mol. The smallest absolute Gasteiger partial charge is 0.341 e. The van der Waals surface area contributed by atoms with E-state index in [1.807, 2.05) is 0 Å². The Hall–Kier alpha value is -1.70. The van der Waals surface area contributed by atoms with Crippen molar-refractivity contribution in [3.63, 3.8) is 0 Å². The van der Waals surface area contributed by atoms with Gasteiger partial charge in [-0.05, 0) is 15.9 Å². The number of hydrogen-bond acceptors (Lipinski definition) is 5. The van der Waals surface area contributed by atoms with Crippen molar-refractivity contribution in [3.05, 3.63) is 26.9 Å². The lowest BCUT2D eigenvalue weighted by molar-refractivity contribution is -0.386. The number of ether oxygens (including phenoxy) is 1. The summed E-state index contributed by atoms with van der Waals surface area (Å²) in [5, 5.41) is 18.9. The molecule has 80 valence electrons. The van der Waals surface area contributed by atoms with Crippen molar-refractivity contribution >= 4 is 27.6 Å². The molecule has 0 aromatic carbocycles. The second-order valence-corrected chi connectivity index (χ2v) is 3.33. The van der Waals surface area contributed by atoms with Crippen LogP contribution in [0.2, 0.25) is 0 Å². The van der Waals surface area contributed by atoms with Gasteiger partial charge in [-0.3, -0.25) is 10.1 Å². The van der Waals surface area contributed by atoms with Crippen LogP contribution in [0, 0.1) is 10.1 Å². The minimum atomic E-state index is -1.23. The average Bonchev–Trinajstić information content (AvgIpc) is 2.15. The zero-order valence-electron chi connectivity index (χ0n) is 7.21. The van der Waals surface area contributed by atoms with E-state index in [0.717, 1.165) is 0 Å². The monoisotopic (exact) mass is 276 g/mol. The summed E-state index contributed by atoms with van der Waals surface area (Å²) >= 11 is 3.01. The van der Waals surface area contributed by atoms with E-state index in [2.05, 4.69) is 25.7 Å². The van der Waals surface area contributed by atoms with E-state index >= 15 is 0 Å². The van der Waals surface area contributed by atoms with E-state index in [-0.39, 0.29) is 11.6 Å². The van der Waals surface area contributed by atoms with Gasteiger partial charge in [0.2, 0.25) is 0 Å². The maximum Gasteiger partial charge on any atom is 0.341 e. The Balaban J connectivity index is 2.95. The first-order chi connectivity index (χ1) is 7.00. The quantitative estimate of drug-likeness (QED) is 0.655. The first-order valence-electron chi connectivity index (χ1n) is 3.65. The fourth-order valence-corrected chi connectivity index (χ4v) is 1.11. The van der Waals surface area contributed by atoms with Crippen LogP contribution in [0.4, 0.5) is 5.69 Å². The Morgan fingerprint density at radius 1 is 1.73 bits per heavy atom. The fourth-order valence-electron chi connectivity index (χ4n) is 0.788. The highest BCUT2D eigenvalue weighted by Gasteiger charge is 2.18. The molecule has 0 unspecified atom stereocenters. The van der Waals surface area contributed by atoms with E-state index in [4.69, 9.17) is 5.11 Å². The Labute approximate surface area is 92.0 Å². The molecule has 0 fully saturated rings. The molecule has 0 bridgehead atoms. The molecule has 8 heteroatoms. The summed E-state index contributed by atoms with van der Waals surface area (Å²) in [4.78, 5) is 23.6. The fraction of sp³-hybridized carbons (Fsp3) is 0.143. The Morgan fingerprint density at radius 3 is 2.93 bits per heavy atom. The molecule has 1 N–H and O–H groups in total. The normalized spacial score (nSPS) is 9.67. The molecule has 1 rings (SSSR count). The van der Waals surface area contributed by atoms with Crippen LogP contribution in [0.15, 0.2) is 16.7 Å². The summed E-state index contributed by atoms with van der Waals surface area (Å²) in [5.74, 6) is -1.54. The van der Waals surface area contributed by atoms with Crippen LogP contribution in [0.1, 0.15) is 0 Å². The van der Waals surface area contributed by atoms with E-state index in [9.17, 15) is 14.9 Å². The Kier molecular flexibility index (Phi) is 3.56. The number of carboxylic acid groups (broad SMARTS) is 1. The first kappa shape index (κ1) is 11.4. The molecule has 1 heterocycles. The summed E-state index contributed by atoms with van der Waals surface area (Å²) in [6, 6.07) is 1.18. The van der Waals surface area contributed by atoms with E-state index in [1.165, 1.54) is 12.3 Å². The maximum absolute atomic E-state index is 10.5. The van der Waals surface area contributed by atoms with Crippen LogP contribution in [-0.2, 0) is 4.79 Å². The summed E-state index contributed by atoms with van der Waals surface area (Å²) < 4.78 is 5.06. The maximum atomic E-state index is 10.5. The zero-order valence-corrected chi connectivity index (χ0v) is 8.80. The highest BCUT2D eigenvalue weighted by atomic mass is 79.9.